The van der Waals surface area contributed by atoms with Crippen molar-refractivity contribution in [3.63, 3.8) is 0 Å². The standard InChI is InChI=1S/C25H27Cl2F3N6O/c26-17-5-6-19-22(18(31)11-20(34-19)25(28,29)30)21(17)13-1-3-14(4-2-13)33-24(37)16-12-36(35-23(16)27)15-7-9-32-10-8-15/h5-6,11-15,32H,1-4,7-10H2,(H2,31,34)(H,33,37). The molecular weight excluding hydrogens is 528 g/mol. The van der Waals surface area contributed by atoms with Crippen molar-refractivity contribution in [1.29, 1.82) is 0 Å². The summed E-state index contributed by atoms with van der Waals surface area (Å²) in [5.41, 5.74) is 6.30. The molecule has 2 aromatic heterocycles. The number of nitrogens with two attached hydrogens (primary N) is 1. The van der Waals surface area contributed by atoms with Gasteiger partial charge in [-0.3, -0.25) is 9.48 Å². The van der Waals surface area contributed by atoms with E-state index in [2.05, 4.69) is 20.7 Å². The number of piperidine rings is 1. The largest absolute Gasteiger partial charge is 0.433 e. The van der Waals surface area contributed by atoms with E-state index in [1.54, 1.807) is 16.9 Å². The van der Waals surface area contributed by atoms with Crippen molar-refractivity contribution in [3.05, 3.63) is 51.4 Å². The van der Waals surface area contributed by atoms with Gasteiger partial charge in [0.1, 0.15) is 5.69 Å². The molecule has 0 bridgehead atoms. The quantitative estimate of drug-likeness (QED) is 0.383. The van der Waals surface area contributed by atoms with E-state index < -0.39 is 11.9 Å². The molecule has 3 aromatic rings. The first-order chi connectivity index (χ1) is 17.6. The van der Waals surface area contributed by atoms with Gasteiger partial charge in [0.15, 0.2) is 5.15 Å². The Morgan fingerprint density at radius 3 is 2.49 bits per heavy atom. The highest BCUT2D eigenvalue weighted by Crippen LogP contribution is 2.43. The van der Waals surface area contributed by atoms with Crippen LogP contribution in [0.4, 0.5) is 18.9 Å². The van der Waals surface area contributed by atoms with Gasteiger partial charge < -0.3 is 16.4 Å². The van der Waals surface area contributed by atoms with E-state index >= 15 is 0 Å². The summed E-state index contributed by atoms with van der Waals surface area (Å²) in [6.07, 6.45) is 1.72. The minimum atomic E-state index is -4.59. The summed E-state index contributed by atoms with van der Waals surface area (Å²) in [7, 11) is 0. The minimum absolute atomic E-state index is 0.00523. The van der Waals surface area contributed by atoms with E-state index in [-0.39, 0.29) is 40.3 Å². The van der Waals surface area contributed by atoms with Crippen molar-refractivity contribution in [2.45, 2.75) is 62.7 Å². The molecule has 2 aliphatic rings. The number of fused-ring (bicyclic) bond motifs is 1. The number of amides is 1. The van der Waals surface area contributed by atoms with Crippen LogP contribution in [0.5, 0.6) is 0 Å². The first-order valence-electron chi connectivity index (χ1n) is 12.3. The van der Waals surface area contributed by atoms with Gasteiger partial charge >= 0.3 is 6.18 Å². The molecule has 1 saturated heterocycles. The van der Waals surface area contributed by atoms with E-state index in [1.165, 1.54) is 6.07 Å². The molecule has 0 unspecified atom stereocenters. The molecule has 3 heterocycles. The Labute approximate surface area is 221 Å². The molecule has 0 spiro atoms. The fourth-order valence-corrected chi connectivity index (χ4v) is 6.01. The summed E-state index contributed by atoms with van der Waals surface area (Å²) in [6, 6.07) is 4.05. The topological polar surface area (TPSA) is 97.9 Å². The minimum Gasteiger partial charge on any atom is -0.398 e. The first kappa shape index (κ1) is 26.1. The SMILES string of the molecule is Nc1cc(C(F)(F)F)nc2ccc(Cl)c(C3CCC(NC(=O)c4cn(C5CCNCC5)nc4Cl)CC3)c12. The van der Waals surface area contributed by atoms with Gasteiger partial charge in [0.2, 0.25) is 0 Å². The maximum atomic E-state index is 13.2. The van der Waals surface area contributed by atoms with Gasteiger partial charge in [-0.05, 0) is 81.3 Å². The Morgan fingerprint density at radius 1 is 1.11 bits per heavy atom. The zero-order valence-electron chi connectivity index (χ0n) is 19.9. The number of benzene rings is 1. The van der Waals surface area contributed by atoms with Crippen molar-refractivity contribution in [2.24, 2.45) is 0 Å². The van der Waals surface area contributed by atoms with Crippen molar-refractivity contribution in [1.82, 2.24) is 25.4 Å². The van der Waals surface area contributed by atoms with Crippen LogP contribution in [-0.2, 0) is 6.18 Å². The highest BCUT2D eigenvalue weighted by molar-refractivity contribution is 6.33. The van der Waals surface area contributed by atoms with Gasteiger partial charge in [-0.25, -0.2) is 4.98 Å². The van der Waals surface area contributed by atoms with Crippen molar-refractivity contribution in [3.8, 4) is 0 Å². The van der Waals surface area contributed by atoms with Gasteiger partial charge in [0.05, 0.1) is 17.1 Å². The Kier molecular flexibility index (Phi) is 7.26. The van der Waals surface area contributed by atoms with Crippen molar-refractivity contribution in [2.75, 3.05) is 18.8 Å². The van der Waals surface area contributed by atoms with Crippen LogP contribution in [0, 0.1) is 0 Å². The lowest BCUT2D eigenvalue weighted by molar-refractivity contribution is -0.140. The van der Waals surface area contributed by atoms with Crippen LogP contribution in [0.25, 0.3) is 10.9 Å². The second kappa shape index (κ2) is 10.3. The van der Waals surface area contributed by atoms with Crippen LogP contribution < -0.4 is 16.4 Å². The van der Waals surface area contributed by atoms with Crippen LogP contribution in [-0.4, -0.2) is 39.8 Å². The average molecular weight is 555 g/mol. The third-order valence-electron chi connectivity index (χ3n) is 7.37. The number of carbonyl (C=O) groups is 1. The van der Waals surface area contributed by atoms with Gasteiger partial charge in [0, 0.05) is 28.3 Å². The zero-order chi connectivity index (χ0) is 26.3. The van der Waals surface area contributed by atoms with Gasteiger partial charge in [0.25, 0.3) is 5.91 Å². The highest BCUT2D eigenvalue weighted by atomic mass is 35.5. The second-order valence-electron chi connectivity index (χ2n) is 9.77. The predicted molar refractivity (Wildman–Crippen MR) is 137 cm³/mol. The fraction of sp³-hybridized carbons (Fsp3) is 0.480. The molecule has 37 heavy (non-hydrogen) atoms. The molecular formula is C25H27Cl2F3N6O. The number of rotatable bonds is 4. The molecule has 0 radical (unpaired) electrons. The Hall–Kier alpha value is -2.56. The lowest BCUT2D eigenvalue weighted by Gasteiger charge is -2.30. The molecule has 4 N–H and O–H groups in total. The summed E-state index contributed by atoms with van der Waals surface area (Å²) in [5.74, 6) is -0.276. The zero-order valence-corrected chi connectivity index (χ0v) is 21.4. The summed E-state index contributed by atoms with van der Waals surface area (Å²) < 4.78 is 41.5. The molecule has 1 saturated carbocycles. The Morgan fingerprint density at radius 2 is 1.81 bits per heavy atom. The summed E-state index contributed by atoms with van der Waals surface area (Å²) in [4.78, 5) is 16.8. The molecule has 198 valence electrons. The third kappa shape index (κ3) is 5.37. The molecule has 12 heteroatoms. The number of alkyl halides is 3. The molecule has 0 atom stereocenters. The molecule has 7 nitrogen and oxygen atoms in total. The predicted octanol–water partition coefficient (Wildman–Crippen LogP) is 5.72. The summed E-state index contributed by atoms with van der Waals surface area (Å²) in [6.45, 7) is 1.80. The average Bonchev–Trinajstić information content (AvgIpc) is 3.26. The number of halogens is 5. The van der Waals surface area contributed by atoms with Gasteiger partial charge in [-0.2, -0.15) is 18.3 Å². The van der Waals surface area contributed by atoms with E-state index in [1.807, 2.05) is 0 Å². The summed E-state index contributed by atoms with van der Waals surface area (Å²) >= 11 is 12.8. The van der Waals surface area contributed by atoms with E-state index in [0.717, 1.165) is 32.0 Å². The Balaban J connectivity index is 1.28. The van der Waals surface area contributed by atoms with E-state index in [0.29, 0.717) is 47.2 Å². The van der Waals surface area contributed by atoms with Crippen molar-refractivity contribution < 1.29 is 18.0 Å². The maximum absolute atomic E-state index is 13.2. The lowest BCUT2D eigenvalue weighted by Crippen LogP contribution is -2.37. The number of aromatic nitrogens is 3. The van der Waals surface area contributed by atoms with E-state index in [4.69, 9.17) is 28.9 Å². The number of nitrogen functional groups attached to an aromatic ring is 1. The molecule has 1 aliphatic heterocycles. The van der Waals surface area contributed by atoms with Gasteiger partial charge in [-0.15, -0.1) is 0 Å². The molecule has 2 fully saturated rings. The number of pyridine rings is 1. The van der Waals surface area contributed by atoms with E-state index in [9.17, 15) is 18.0 Å². The molecule has 5 rings (SSSR count). The van der Waals surface area contributed by atoms with Crippen LogP contribution in [0.3, 0.4) is 0 Å². The monoisotopic (exact) mass is 554 g/mol. The second-order valence-corrected chi connectivity index (χ2v) is 10.5. The highest BCUT2D eigenvalue weighted by Gasteiger charge is 2.34. The smallest absolute Gasteiger partial charge is 0.398 e. The number of hydrogen-bond acceptors (Lipinski definition) is 5. The fourth-order valence-electron chi connectivity index (χ4n) is 5.47. The maximum Gasteiger partial charge on any atom is 0.433 e. The van der Waals surface area contributed by atoms with Crippen LogP contribution in [0.15, 0.2) is 24.4 Å². The number of nitrogens with zero attached hydrogens (tertiary/aromatic N) is 3. The van der Waals surface area contributed by atoms with Crippen molar-refractivity contribution >= 4 is 45.7 Å². The summed E-state index contributed by atoms with van der Waals surface area (Å²) in [5, 5.41) is 11.8. The third-order valence-corrected chi connectivity index (χ3v) is 7.98. The number of anilines is 1. The van der Waals surface area contributed by atoms with Crippen LogP contribution in [0.2, 0.25) is 10.2 Å². The van der Waals surface area contributed by atoms with Crippen LogP contribution >= 0.6 is 23.2 Å². The molecule has 1 aromatic carbocycles. The lowest BCUT2D eigenvalue weighted by atomic mass is 9.80. The molecule has 1 amide bonds. The normalized spacial score (nSPS) is 21.3. The first-order valence-corrected chi connectivity index (χ1v) is 13.1. The number of carbonyl (C=O) groups excluding carboxylic acids is 1. The Bertz CT molecular complexity index is 1310. The molecule has 1 aliphatic carbocycles. The number of hydrogen-bond donors (Lipinski definition) is 3. The van der Waals surface area contributed by atoms with Crippen LogP contribution in [0.1, 0.15) is 72.1 Å². The van der Waals surface area contributed by atoms with Gasteiger partial charge in [-0.1, -0.05) is 23.2 Å². The number of nitrogens with one attached hydrogen (secondary N) is 2.